The lowest BCUT2D eigenvalue weighted by atomic mass is 10.1. The van der Waals surface area contributed by atoms with E-state index >= 15 is 0 Å². The van der Waals surface area contributed by atoms with Crippen molar-refractivity contribution < 1.29 is 14.3 Å². The smallest absolute Gasteiger partial charge is 0.338 e. The zero-order valence-corrected chi connectivity index (χ0v) is 11.8. The maximum atomic E-state index is 12.0. The third-order valence-corrected chi connectivity index (χ3v) is 2.98. The molecule has 0 saturated carbocycles. The molecule has 110 valence electrons. The molecule has 0 spiro atoms. The summed E-state index contributed by atoms with van der Waals surface area (Å²) in [5.41, 5.74) is 7.03. The zero-order valence-electron chi connectivity index (χ0n) is 11.8. The van der Waals surface area contributed by atoms with Gasteiger partial charge in [0.2, 0.25) is 0 Å². The highest BCUT2D eigenvalue weighted by atomic mass is 16.6. The number of carbonyl (C=O) groups is 1. The number of esters is 1. The van der Waals surface area contributed by atoms with E-state index in [0.717, 1.165) is 11.3 Å². The molecule has 0 saturated heterocycles. The van der Waals surface area contributed by atoms with Gasteiger partial charge < -0.3 is 15.2 Å². The molecule has 0 amide bonds. The molecule has 2 N–H and O–H groups in total. The summed E-state index contributed by atoms with van der Waals surface area (Å²) < 4.78 is 10.7. The van der Waals surface area contributed by atoms with Crippen molar-refractivity contribution in [3.8, 4) is 5.75 Å². The average molecular weight is 285 g/mol. The summed E-state index contributed by atoms with van der Waals surface area (Å²) in [5.74, 6) is 0.424. The zero-order chi connectivity index (χ0) is 14.9. The lowest BCUT2D eigenvalue weighted by Crippen LogP contribution is -2.15. The molecule has 2 rings (SSSR count). The molecule has 0 fully saturated rings. The predicted molar refractivity (Wildman–Crippen MR) is 81.4 cm³/mol. The van der Waals surface area contributed by atoms with Crippen molar-refractivity contribution in [2.24, 2.45) is 5.73 Å². The lowest BCUT2D eigenvalue weighted by Gasteiger charge is -2.10. The van der Waals surface area contributed by atoms with E-state index in [0.29, 0.717) is 25.1 Å². The van der Waals surface area contributed by atoms with Crippen LogP contribution >= 0.6 is 0 Å². The SMILES string of the molecule is NCCc1ccccc1C(=O)OCCOc1ccccc1. The molecule has 0 unspecified atom stereocenters. The Morgan fingerprint density at radius 1 is 0.952 bits per heavy atom. The first kappa shape index (κ1) is 15.1. The molecule has 0 aliphatic rings. The van der Waals surface area contributed by atoms with Crippen LogP contribution in [0, 0.1) is 0 Å². The van der Waals surface area contributed by atoms with Gasteiger partial charge in [0.1, 0.15) is 19.0 Å². The Morgan fingerprint density at radius 3 is 2.43 bits per heavy atom. The predicted octanol–water partition coefficient (Wildman–Crippen LogP) is 2.42. The summed E-state index contributed by atoms with van der Waals surface area (Å²) in [7, 11) is 0. The molecule has 2 aromatic carbocycles. The van der Waals surface area contributed by atoms with E-state index in [9.17, 15) is 4.79 Å². The summed E-state index contributed by atoms with van der Waals surface area (Å²) in [6, 6.07) is 16.8. The first-order chi connectivity index (χ1) is 10.3. The van der Waals surface area contributed by atoms with Crippen molar-refractivity contribution in [2.75, 3.05) is 19.8 Å². The molecular formula is C17H19NO3. The monoisotopic (exact) mass is 285 g/mol. The van der Waals surface area contributed by atoms with Gasteiger partial charge in [0, 0.05) is 0 Å². The second kappa shape index (κ2) is 8.07. The van der Waals surface area contributed by atoms with Crippen molar-refractivity contribution in [2.45, 2.75) is 6.42 Å². The summed E-state index contributed by atoms with van der Waals surface area (Å²) in [6.45, 7) is 1.04. The van der Waals surface area contributed by atoms with Gasteiger partial charge in [-0.05, 0) is 36.7 Å². The van der Waals surface area contributed by atoms with Crippen LogP contribution in [0.3, 0.4) is 0 Å². The van der Waals surface area contributed by atoms with Gasteiger partial charge in [0.05, 0.1) is 5.56 Å². The first-order valence-electron chi connectivity index (χ1n) is 6.94. The van der Waals surface area contributed by atoms with Crippen LogP contribution in [0.1, 0.15) is 15.9 Å². The topological polar surface area (TPSA) is 61.6 Å². The molecule has 0 aliphatic heterocycles. The summed E-state index contributed by atoms with van der Waals surface area (Å²) in [4.78, 5) is 12.0. The average Bonchev–Trinajstić information content (AvgIpc) is 2.53. The van der Waals surface area contributed by atoms with Crippen molar-refractivity contribution in [3.63, 3.8) is 0 Å². The van der Waals surface area contributed by atoms with Crippen LogP contribution in [0.2, 0.25) is 0 Å². The Hall–Kier alpha value is -2.33. The molecule has 0 radical (unpaired) electrons. The number of benzene rings is 2. The number of rotatable bonds is 7. The van der Waals surface area contributed by atoms with Gasteiger partial charge in [-0.3, -0.25) is 0 Å². The summed E-state index contributed by atoms with van der Waals surface area (Å²) >= 11 is 0. The molecular weight excluding hydrogens is 266 g/mol. The van der Waals surface area contributed by atoms with Crippen LogP contribution in [0.4, 0.5) is 0 Å². The van der Waals surface area contributed by atoms with Crippen LogP contribution < -0.4 is 10.5 Å². The Kier molecular flexibility index (Phi) is 5.79. The van der Waals surface area contributed by atoms with Gasteiger partial charge in [-0.15, -0.1) is 0 Å². The van der Waals surface area contributed by atoms with Crippen LogP contribution in [0.15, 0.2) is 54.6 Å². The third kappa shape index (κ3) is 4.61. The Labute approximate surface area is 124 Å². The van der Waals surface area contributed by atoms with E-state index < -0.39 is 0 Å². The van der Waals surface area contributed by atoms with E-state index in [-0.39, 0.29) is 12.6 Å². The minimum Gasteiger partial charge on any atom is -0.490 e. The van der Waals surface area contributed by atoms with Gasteiger partial charge in [-0.25, -0.2) is 4.79 Å². The van der Waals surface area contributed by atoms with Gasteiger partial charge >= 0.3 is 5.97 Å². The largest absolute Gasteiger partial charge is 0.490 e. The fourth-order valence-corrected chi connectivity index (χ4v) is 1.98. The third-order valence-electron chi connectivity index (χ3n) is 2.98. The maximum Gasteiger partial charge on any atom is 0.338 e. The van der Waals surface area contributed by atoms with Gasteiger partial charge in [-0.1, -0.05) is 36.4 Å². The molecule has 4 heteroatoms. The van der Waals surface area contributed by atoms with E-state index in [1.807, 2.05) is 48.5 Å². The second-order valence-electron chi connectivity index (χ2n) is 4.49. The molecule has 0 heterocycles. The lowest BCUT2D eigenvalue weighted by molar-refractivity contribution is 0.0449. The standard InChI is InChI=1S/C17H19NO3/c18-11-10-14-6-4-5-9-16(14)17(19)21-13-12-20-15-7-2-1-3-8-15/h1-9H,10-13,18H2. The Balaban J connectivity index is 1.82. The van der Waals surface area contributed by atoms with E-state index in [1.54, 1.807) is 6.07 Å². The minimum atomic E-state index is -0.337. The van der Waals surface area contributed by atoms with E-state index in [2.05, 4.69) is 0 Å². The van der Waals surface area contributed by atoms with Crippen LogP contribution in [-0.4, -0.2) is 25.7 Å². The van der Waals surface area contributed by atoms with Crippen molar-refractivity contribution >= 4 is 5.97 Å². The number of hydrogen-bond acceptors (Lipinski definition) is 4. The second-order valence-corrected chi connectivity index (χ2v) is 4.49. The highest BCUT2D eigenvalue weighted by Crippen LogP contribution is 2.11. The van der Waals surface area contributed by atoms with Gasteiger partial charge in [0.15, 0.2) is 0 Å². The number of carbonyl (C=O) groups excluding carboxylic acids is 1. The number of nitrogens with two attached hydrogens (primary N) is 1. The first-order valence-corrected chi connectivity index (χ1v) is 6.94. The van der Waals surface area contributed by atoms with Crippen molar-refractivity contribution in [1.29, 1.82) is 0 Å². The molecule has 21 heavy (non-hydrogen) atoms. The fraction of sp³-hybridized carbons (Fsp3) is 0.235. The van der Waals surface area contributed by atoms with E-state index in [4.69, 9.17) is 15.2 Å². The maximum absolute atomic E-state index is 12.0. The molecule has 2 aromatic rings. The highest BCUT2D eigenvalue weighted by molar-refractivity contribution is 5.91. The number of hydrogen-bond donors (Lipinski definition) is 1. The van der Waals surface area contributed by atoms with Gasteiger partial charge in [0.25, 0.3) is 0 Å². The molecule has 0 bridgehead atoms. The Bertz CT molecular complexity index is 569. The van der Waals surface area contributed by atoms with Gasteiger partial charge in [-0.2, -0.15) is 0 Å². The number of ether oxygens (including phenoxy) is 2. The van der Waals surface area contributed by atoms with Crippen molar-refractivity contribution in [1.82, 2.24) is 0 Å². The summed E-state index contributed by atoms with van der Waals surface area (Å²) in [6.07, 6.45) is 0.659. The highest BCUT2D eigenvalue weighted by Gasteiger charge is 2.11. The van der Waals surface area contributed by atoms with Crippen LogP contribution in [-0.2, 0) is 11.2 Å². The van der Waals surface area contributed by atoms with Crippen molar-refractivity contribution in [3.05, 3.63) is 65.7 Å². The quantitative estimate of drug-likeness (QED) is 0.627. The molecule has 0 atom stereocenters. The van der Waals surface area contributed by atoms with E-state index in [1.165, 1.54) is 0 Å². The summed E-state index contributed by atoms with van der Waals surface area (Å²) in [5, 5.41) is 0. The van der Waals surface area contributed by atoms with Crippen LogP contribution in [0.5, 0.6) is 5.75 Å². The molecule has 4 nitrogen and oxygen atoms in total. The molecule has 0 aliphatic carbocycles. The number of para-hydroxylation sites is 1. The fourth-order valence-electron chi connectivity index (χ4n) is 1.98. The minimum absolute atomic E-state index is 0.213. The van der Waals surface area contributed by atoms with Crippen LogP contribution in [0.25, 0.3) is 0 Å². The normalized spacial score (nSPS) is 10.1. The molecule has 0 aromatic heterocycles. The Morgan fingerprint density at radius 2 is 1.67 bits per heavy atom.